The molecule has 0 fully saturated rings. The van der Waals surface area contributed by atoms with Crippen LogP contribution in [0, 0.1) is 5.82 Å². The number of hydrogen-bond acceptors (Lipinski definition) is 5. The highest BCUT2D eigenvalue weighted by atomic mass is 32.1. The number of carbonyl (C=O) groups excluding carboxylic acids is 3. The summed E-state index contributed by atoms with van der Waals surface area (Å²) in [5.74, 6) is -1.96. The molecule has 0 bridgehead atoms. The SMILES string of the molecule is CC(C)NC(=O)CNC(=O)COC(=O)c1cc2cc(F)ccc2s1. The summed E-state index contributed by atoms with van der Waals surface area (Å²) >= 11 is 1.15. The average Bonchev–Trinajstić information content (AvgIpc) is 2.93. The molecule has 0 radical (unpaired) electrons. The Labute approximate surface area is 142 Å². The van der Waals surface area contributed by atoms with Gasteiger partial charge in [0.05, 0.1) is 6.54 Å². The molecule has 1 heterocycles. The summed E-state index contributed by atoms with van der Waals surface area (Å²) in [5, 5.41) is 5.57. The summed E-state index contributed by atoms with van der Waals surface area (Å²) in [5.41, 5.74) is 0. The van der Waals surface area contributed by atoms with Gasteiger partial charge in [0, 0.05) is 10.7 Å². The lowest BCUT2D eigenvalue weighted by Crippen LogP contribution is -2.41. The van der Waals surface area contributed by atoms with Gasteiger partial charge in [-0.05, 0) is 43.5 Å². The van der Waals surface area contributed by atoms with Gasteiger partial charge in [-0.3, -0.25) is 9.59 Å². The first-order valence-corrected chi connectivity index (χ1v) is 8.09. The van der Waals surface area contributed by atoms with Crippen molar-refractivity contribution in [2.75, 3.05) is 13.2 Å². The summed E-state index contributed by atoms with van der Waals surface area (Å²) in [6, 6.07) is 5.70. The second kappa shape index (κ2) is 7.87. The molecular weight excluding hydrogens is 335 g/mol. The Morgan fingerprint density at radius 3 is 2.67 bits per heavy atom. The number of ether oxygens (including phenoxy) is 1. The number of thiophene rings is 1. The molecule has 24 heavy (non-hydrogen) atoms. The first-order chi connectivity index (χ1) is 11.3. The predicted octanol–water partition coefficient (Wildman–Crippen LogP) is 1.84. The number of amides is 2. The van der Waals surface area contributed by atoms with Crippen molar-refractivity contribution in [3.05, 3.63) is 35.0 Å². The number of esters is 1. The van der Waals surface area contributed by atoms with E-state index in [1.54, 1.807) is 19.9 Å². The maximum atomic E-state index is 13.1. The molecule has 0 atom stereocenters. The van der Waals surface area contributed by atoms with Crippen LogP contribution < -0.4 is 10.6 Å². The zero-order chi connectivity index (χ0) is 17.7. The third-order valence-corrected chi connectivity index (χ3v) is 4.01. The van der Waals surface area contributed by atoms with Crippen LogP contribution in [0.15, 0.2) is 24.3 Å². The maximum Gasteiger partial charge on any atom is 0.348 e. The van der Waals surface area contributed by atoms with E-state index < -0.39 is 18.5 Å². The molecule has 0 unspecified atom stereocenters. The van der Waals surface area contributed by atoms with Crippen LogP contribution in [0.25, 0.3) is 10.1 Å². The van der Waals surface area contributed by atoms with Crippen LogP contribution >= 0.6 is 11.3 Å². The fourth-order valence-corrected chi connectivity index (χ4v) is 2.86. The molecule has 0 spiro atoms. The Kier molecular flexibility index (Phi) is 5.86. The molecule has 2 aromatic rings. The van der Waals surface area contributed by atoms with E-state index in [1.807, 2.05) is 0 Å². The van der Waals surface area contributed by atoms with Gasteiger partial charge in [-0.1, -0.05) is 0 Å². The molecule has 6 nitrogen and oxygen atoms in total. The van der Waals surface area contributed by atoms with Gasteiger partial charge in [0.1, 0.15) is 10.7 Å². The quantitative estimate of drug-likeness (QED) is 0.777. The van der Waals surface area contributed by atoms with Crippen molar-refractivity contribution in [1.29, 1.82) is 0 Å². The van der Waals surface area contributed by atoms with Crippen molar-refractivity contribution in [1.82, 2.24) is 10.6 Å². The molecule has 2 rings (SSSR count). The second-order valence-electron chi connectivity index (χ2n) is 5.37. The van der Waals surface area contributed by atoms with Crippen molar-refractivity contribution in [2.45, 2.75) is 19.9 Å². The number of benzene rings is 1. The third kappa shape index (κ3) is 5.02. The second-order valence-corrected chi connectivity index (χ2v) is 6.45. The van der Waals surface area contributed by atoms with E-state index in [1.165, 1.54) is 18.2 Å². The zero-order valence-corrected chi connectivity index (χ0v) is 14.0. The molecule has 128 valence electrons. The Morgan fingerprint density at radius 2 is 1.96 bits per heavy atom. The lowest BCUT2D eigenvalue weighted by Gasteiger charge is -2.09. The Hall–Kier alpha value is -2.48. The van der Waals surface area contributed by atoms with Gasteiger partial charge < -0.3 is 15.4 Å². The van der Waals surface area contributed by atoms with Gasteiger partial charge in [0.2, 0.25) is 5.91 Å². The fraction of sp³-hybridized carbons (Fsp3) is 0.312. The van der Waals surface area contributed by atoms with Gasteiger partial charge in [-0.2, -0.15) is 0 Å². The fourth-order valence-electron chi connectivity index (χ4n) is 1.92. The molecule has 2 amide bonds. The van der Waals surface area contributed by atoms with Crippen LogP contribution in [0.5, 0.6) is 0 Å². The summed E-state index contributed by atoms with van der Waals surface area (Å²) in [4.78, 5) is 35.2. The van der Waals surface area contributed by atoms with Crippen LogP contribution in [0.4, 0.5) is 4.39 Å². The molecular formula is C16H17FN2O4S. The zero-order valence-electron chi connectivity index (χ0n) is 13.2. The highest BCUT2D eigenvalue weighted by Gasteiger charge is 2.14. The summed E-state index contributed by atoms with van der Waals surface area (Å²) in [7, 11) is 0. The van der Waals surface area contributed by atoms with Crippen molar-refractivity contribution < 1.29 is 23.5 Å². The molecule has 0 aliphatic heterocycles. The standard InChI is InChI=1S/C16H17FN2O4S/c1-9(2)19-14(20)7-18-15(21)8-23-16(22)13-6-10-5-11(17)3-4-12(10)24-13/h3-6,9H,7-8H2,1-2H3,(H,18,21)(H,19,20). The summed E-state index contributed by atoms with van der Waals surface area (Å²) in [6.45, 7) is 2.93. The first-order valence-electron chi connectivity index (χ1n) is 7.27. The molecule has 0 saturated heterocycles. The summed E-state index contributed by atoms with van der Waals surface area (Å²) < 4.78 is 18.8. The van der Waals surface area contributed by atoms with E-state index in [-0.39, 0.29) is 29.2 Å². The van der Waals surface area contributed by atoms with Gasteiger partial charge in [0.15, 0.2) is 6.61 Å². The van der Waals surface area contributed by atoms with Gasteiger partial charge in [0.25, 0.3) is 5.91 Å². The highest BCUT2D eigenvalue weighted by Crippen LogP contribution is 2.26. The molecule has 0 aliphatic rings. The first kappa shape index (κ1) is 17.9. The minimum Gasteiger partial charge on any atom is -0.451 e. The minimum atomic E-state index is -0.668. The lowest BCUT2D eigenvalue weighted by atomic mass is 10.2. The number of hydrogen-bond donors (Lipinski definition) is 2. The van der Waals surface area contributed by atoms with E-state index in [4.69, 9.17) is 4.74 Å². The number of halogens is 1. The van der Waals surface area contributed by atoms with Crippen LogP contribution in [-0.4, -0.2) is 37.0 Å². The van der Waals surface area contributed by atoms with E-state index in [0.29, 0.717) is 5.39 Å². The molecule has 1 aromatic carbocycles. The Morgan fingerprint density at radius 1 is 1.21 bits per heavy atom. The smallest absolute Gasteiger partial charge is 0.348 e. The van der Waals surface area contributed by atoms with E-state index in [0.717, 1.165) is 16.0 Å². The number of carbonyl (C=O) groups is 3. The largest absolute Gasteiger partial charge is 0.451 e. The van der Waals surface area contributed by atoms with Crippen molar-refractivity contribution in [3.63, 3.8) is 0 Å². The van der Waals surface area contributed by atoms with Gasteiger partial charge in [-0.25, -0.2) is 9.18 Å². The highest BCUT2D eigenvalue weighted by molar-refractivity contribution is 7.20. The normalized spacial score (nSPS) is 10.7. The van der Waals surface area contributed by atoms with Crippen LogP contribution in [0.3, 0.4) is 0 Å². The maximum absolute atomic E-state index is 13.1. The Balaban J connectivity index is 1.83. The van der Waals surface area contributed by atoms with Crippen LogP contribution in [0.2, 0.25) is 0 Å². The predicted molar refractivity (Wildman–Crippen MR) is 88.4 cm³/mol. The van der Waals surface area contributed by atoms with Crippen molar-refractivity contribution in [3.8, 4) is 0 Å². The van der Waals surface area contributed by atoms with Crippen molar-refractivity contribution >= 4 is 39.2 Å². The number of fused-ring (bicyclic) bond motifs is 1. The van der Waals surface area contributed by atoms with Crippen LogP contribution in [0.1, 0.15) is 23.5 Å². The molecule has 8 heteroatoms. The monoisotopic (exact) mass is 352 g/mol. The summed E-state index contributed by atoms with van der Waals surface area (Å²) in [6.07, 6.45) is 0. The minimum absolute atomic E-state index is 0.0231. The van der Waals surface area contributed by atoms with E-state index in [2.05, 4.69) is 10.6 Å². The Bertz CT molecular complexity index is 773. The molecule has 0 saturated carbocycles. The van der Waals surface area contributed by atoms with Gasteiger partial charge >= 0.3 is 5.97 Å². The molecule has 1 aromatic heterocycles. The number of rotatable bonds is 6. The van der Waals surface area contributed by atoms with Crippen LogP contribution in [-0.2, 0) is 14.3 Å². The average molecular weight is 352 g/mol. The topological polar surface area (TPSA) is 84.5 Å². The van der Waals surface area contributed by atoms with Gasteiger partial charge in [-0.15, -0.1) is 11.3 Å². The lowest BCUT2D eigenvalue weighted by molar-refractivity contribution is -0.128. The van der Waals surface area contributed by atoms with Crippen molar-refractivity contribution in [2.24, 2.45) is 0 Å². The molecule has 0 aliphatic carbocycles. The molecule has 2 N–H and O–H groups in total. The van der Waals surface area contributed by atoms with E-state index >= 15 is 0 Å². The number of nitrogens with one attached hydrogen (secondary N) is 2. The third-order valence-electron chi connectivity index (χ3n) is 2.91. The van der Waals surface area contributed by atoms with E-state index in [9.17, 15) is 18.8 Å².